The van der Waals surface area contributed by atoms with Crippen molar-refractivity contribution in [3.63, 3.8) is 0 Å². The molecule has 7 heteroatoms. The number of aromatic nitrogens is 1. The first-order valence-corrected chi connectivity index (χ1v) is 9.55. The molecule has 1 aliphatic rings. The molecule has 3 heterocycles. The van der Waals surface area contributed by atoms with E-state index in [1.54, 1.807) is 37.6 Å². The molecule has 1 fully saturated rings. The summed E-state index contributed by atoms with van der Waals surface area (Å²) in [5, 5.41) is 1.99. The molecule has 0 aromatic carbocycles. The van der Waals surface area contributed by atoms with Crippen LogP contribution in [0.2, 0.25) is 0 Å². The van der Waals surface area contributed by atoms with Crippen LogP contribution in [0.15, 0.2) is 35.8 Å². The summed E-state index contributed by atoms with van der Waals surface area (Å²) >= 11 is 1.61. The Morgan fingerprint density at radius 1 is 1.27 bits per heavy atom. The lowest BCUT2D eigenvalue weighted by atomic mass is 10.1. The lowest BCUT2D eigenvalue weighted by molar-refractivity contribution is -0.132. The summed E-state index contributed by atoms with van der Waals surface area (Å²) in [5.41, 5.74) is 0.538. The molecule has 0 bridgehead atoms. The van der Waals surface area contributed by atoms with E-state index in [0.717, 1.165) is 17.7 Å². The second-order valence-electron chi connectivity index (χ2n) is 6.54. The maximum absolute atomic E-state index is 12.3. The molecule has 2 aromatic rings. The van der Waals surface area contributed by atoms with E-state index in [1.807, 2.05) is 22.4 Å². The van der Waals surface area contributed by atoms with E-state index in [2.05, 4.69) is 4.98 Å². The fourth-order valence-corrected chi connectivity index (χ4v) is 3.60. The molecule has 1 saturated heterocycles. The summed E-state index contributed by atoms with van der Waals surface area (Å²) in [4.78, 5) is 33.0. The van der Waals surface area contributed by atoms with Gasteiger partial charge in [-0.2, -0.15) is 0 Å². The molecule has 26 heavy (non-hydrogen) atoms. The van der Waals surface area contributed by atoms with Crippen molar-refractivity contribution in [1.29, 1.82) is 0 Å². The zero-order chi connectivity index (χ0) is 18.5. The number of rotatable bonds is 5. The largest absolute Gasteiger partial charge is 0.474 e. The van der Waals surface area contributed by atoms with Gasteiger partial charge < -0.3 is 14.5 Å². The van der Waals surface area contributed by atoms with Gasteiger partial charge in [-0.25, -0.2) is 4.98 Å². The van der Waals surface area contributed by atoms with Gasteiger partial charge in [0.15, 0.2) is 0 Å². The van der Waals surface area contributed by atoms with Crippen LogP contribution in [0.4, 0.5) is 0 Å². The normalized spacial score (nSPS) is 14.9. The zero-order valence-corrected chi connectivity index (χ0v) is 15.9. The molecule has 2 aromatic heterocycles. The third kappa shape index (κ3) is 4.60. The molecule has 0 unspecified atom stereocenters. The first-order chi connectivity index (χ1) is 12.5. The van der Waals surface area contributed by atoms with Gasteiger partial charge in [0.05, 0.1) is 12.0 Å². The Kier molecular flexibility index (Phi) is 5.88. The first-order valence-electron chi connectivity index (χ1n) is 8.67. The van der Waals surface area contributed by atoms with Gasteiger partial charge in [-0.15, -0.1) is 11.3 Å². The minimum atomic E-state index is -0.0818. The highest BCUT2D eigenvalue weighted by Crippen LogP contribution is 2.19. The van der Waals surface area contributed by atoms with Crippen molar-refractivity contribution in [3.05, 3.63) is 46.3 Å². The van der Waals surface area contributed by atoms with Crippen LogP contribution in [0, 0.1) is 0 Å². The Morgan fingerprint density at radius 3 is 2.62 bits per heavy atom. The Hall–Kier alpha value is -2.41. The van der Waals surface area contributed by atoms with Crippen LogP contribution in [0.5, 0.6) is 5.88 Å². The third-order valence-corrected chi connectivity index (χ3v) is 5.25. The van der Waals surface area contributed by atoms with E-state index in [9.17, 15) is 9.59 Å². The summed E-state index contributed by atoms with van der Waals surface area (Å²) in [6.45, 7) is 1.40. The fraction of sp³-hybridized carbons (Fsp3) is 0.421. The van der Waals surface area contributed by atoms with Gasteiger partial charge in [0.25, 0.3) is 5.91 Å². The van der Waals surface area contributed by atoms with Crippen molar-refractivity contribution in [3.8, 4) is 5.88 Å². The average Bonchev–Trinajstić information content (AvgIpc) is 3.15. The lowest BCUT2D eigenvalue weighted by Crippen LogP contribution is -2.42. The van der Waals surface area contributed by atoms with Crippen LogP contribution < -0.4 is 4.74 Å². The van der Waals surface area contributed by atoms with Gasteiger partial charge in [0, 0.05) is 57.2 Å². The second-order valence-corrected chi connectivity index (χ2v) is 7.57. The van der Waals surface area contributed by atoms with Gasteiger partial charge in [0.2, 0.25) is 11.8 Å². The Balaban J connectivity index is 1.48. The van der Waals surface area contributed by atoms with Gasteiger partial charge in [0.1, 0.15) is 6.10 Å². The predicted octanol–water partition coefficient (Wildman–Crippen LogP) is 2.46. The predicted molar refractivity (Wildman–Crippen MR) is 101 cm³/mol. The number of hydrogen-bond acceptors (Lipinski definition) is 5. The number of ether oxygens (including phenoxy) is 1. The summed E-state index contributed by atoms with van der Waals surface area (Å²) in [5.74, 6) is 0.612. The Labute approximate surface area is 157 Å². The number of likely N-dealkylation sites (tertiary alicyclic amines) is 1. The highest BCUT2D eigenvalue weighted by molar-refractivity contribution is 7.10. The van der Waals surface area contributed by atoms with Crippen molar-refractivity contribution in [2.24, 2.45) is 0 Å². The molecule has 0 N–H and O–H groups in total. The quantitative estimate of drug-likeness (QED) is 0.808. The second kappa shape index (κ2) is 8.31. The van der Waals surface area contributed by atoms with Crippen LogP contribution in [-0.4, -0.2) is 59.9 Å². The van der Waals surface area contributed by atoms with E-state index < -0.39 is 0 Å². The van der Waals surface area contributed by atoms with Gasteiger partial charge in [-0.3, -0.25) is 9.59 Å². The Morgan fingerprint density at radius 2 is 2.04 bits per heavy atom. The number of carbonyl (C=O) groups excluding carboxylic acids is 2. The molecular formula is C19H23N3O3S. The zero-order valence-electron chi connectivity index (χ0n) is 15.1. The first kappa shape index (κ1) is 18.4. The minimum absolute atomic E-state index is 0.0451. The number of piperidine rings is 1. The van der Waals surface area contributed by atoms with Gasteiger partial charge in [-0.1, -0.05) is 6.07 Å². The van der Waals surface area contributed by atoms with Crippen LogP contribution in [0.1, 0.15) is 28.1 Å². The van der Waals surface area contributed by atoms with Crippen LogP contribution in [0.25, 0.3) is 0 Å². The van der Waals surface area contributed by atoms with E-state index in [0.29, 0.717) is 31.0 Å². The molecular weight excluding hydrogens is 350 g/mol. The van der Waals surface area contributed by atoms with E-state index in [1.165, 1.54) is 11.1 Å². The van der Waals surface area contributed by atoms with Crippen LogP contribution in [0.3, 0.4) is 0 Å². The molecule has 1 aliphatic heterocycles. The van der Waals surface area contributed by atoms with Crippen molar-refractivity contribution in [1.82, 2.24) is 14.8 Å². The summed E-state index contributed by atoms with van der Waals surface area (Å²) in [6.07, 6.45) is 3.64. The molecule has 0 spiro atoms. The number of pyridine rings is 1. The van der Waals surface area contributed by atoms with Crippen molar-refractivity contribution >= 4 is 23.2 Å². The molecule has 0 atom stereocenters. The average molecular weight is 373 g/mol. The molecule has 6 nitrogen and oxygen atoms in total. The molecule has 0 aliphatic carbocycles. The molecule has 3 rings (SSSR count). The van der Waals surface area contributed by atoms with Crippen LogP contribution >= 0.6 is 11.3 Å². The minimum Gasteiger partial charge on any atom is -0.474 e. The lowest BCUT2D eigenvalue weighted by Gasteiger charge is -2.32. The fourth-order valence-electron chi connectivity index (χ4n) is 2.90. The van der Waals surface area contributed by atoms with Crippen molar-refractivity contribution in [2.45, 2.75) is 25.4 Å². The third-order valence-electron chi connectivity index (χ3n) is 4.38. The Bertz CT molecular complexity index is 736. The van der Waals surface area contributed by atoms with E-state index in [4.69, 9.17) is 4.74 Å². The summed E-state index contributed by atoms with van der Waals surface area (Å²) in [7, 11) is 3.42. The monoisotopic (exact) mass is 373 g/mol. The molecule has 138 valence electrons. The highest BCUT2D eigenvalue weighted by atomic mass is 32.1. The van der Waals surface area contributed by atoms with E-state index >= 15 is 0 Å². The van der Waals surface area contributed by atoms with Crippen molar-refractivity contribution in [2.75, 3.05) is 27.2 Å². The molecule has 2 amide bonds. The van der Waals surface area contributed by atoms with Crippen molar-refractivity contribution < 1.29 is 14.3 Å². The summed E-state index contributed by atoms with van der Waals surface area (Å²) < 4.78 is 5.91. The molecule has 0 saturated carbocycles. The van der Waals surface area contributed by atoms with Gasteiger partial charge >= 0.3 is 0 Å². The summed E-state index contributed by atoms with van der Waals surface area (Å²) in [6, 6.07) is 7.42. The van der Waals surface area contributed by atoms with E-state index in [-0.39, 0.29) is 17.9 Å². The van der Waals surface area contributed by atoms with Gasteiger partial charge in [-0.05, 0) is 17.5 Å². The smallest absolute Gasteiger partial charge is 0.254 e. The van der Waals surface area contributed by atoms with Crippen LogP contribution in [-0.2, 0) is 11.2 Å². The maximum atomic E-state index is 12.3. The highest BCUT2D eigenvalue weighted by Gasteiger charge is 2.24. The number of carbonyl (C=O) groups is 2. The topological polar surface area (TPSA) is 62.7 Å². The number of hydrogen-bond donors (Lipinski definition) is 0. The maximum Gasteiger partial charge on any atom is 0.254 e. The SMILES string of the molecule is CN(C)C(=O)c1ccc(OC2CCN(C(=O)Cc3cccs3)CC2)nc1. The number of nitrogens with zero attached hydrogens (tertiary/aromatic N) is 3. The standard InChI is InChI=1S/C19H23N3O3S/c1-21(2)19(24)14-5-6-17(20-13-14)25-15-7-9-22(10-8-15)18(23)12-16-4-3-11-26-16/h3-6,11,13,15H,7-10,12H2,1-2H3. The number of amides is 2. The number of thiophene rings is 1. The molecule has 0 radical (unpaired) electrons.